The van der Waals surface area contributed by atoms with Gasteiger partial charge in [-0.25, -0.2) is 0 Å². The predicted molar refractivity (Wildman–Crippen MR) is 113 cm³/mol. The van der Waals surface area contributed by atoms with E-state index in [9.17, 15) is 9.59 Å². The van der Waals surface area contributed by atoms with Gasteiger partial charge >= 0.3 is 0 Å². The van der Waals surface area contributed by atoms with Crippen LogP contribution in [0.1, 0.15) is 18.4 Å². The summed E-state index contributed by atoms with van der Waals surface area (Å²) in [4.78, 5) is 31.9. The van der Waals surface area contributed by atoms with Crippen LogP contribution in [0.15, 0.2) is 66.0 Å². The number of benzene rings is 1. The maximum absolute atomic E-state index is 12.6. The van der Waals surface area contributed by atoms with Gasteiger partial charge in [-0.3, -0.25) is 19.3 Å². The molecule has 8 heteroatoms. The number of nitrogens with one attached hydrogen (secondary N) is 1. The van der Waals surface area contributed by atoms with Crippen molar-refractivity contribution >= 4 is 35.1 Å². The highest BCUT2D eigenvalue weighted by Crippen LogP contribution is 2.34. The zero-order valence-corrected chi connectivity index (χ0v) is 16.6. The molecule has 0 radical (unpaired) electrons. The number of carbonyl (C=O) groups excluding carboxylic acids is 2. The Hall–Kier alpha value is -3.13. The molecule has 4 rings (SSSR count). The van der Waals surface area contributed by atoms with Crippen LogP contribution in [-0.2, 0) is 16.1 Å². The number of nitrogens with zero attached hydrogens (tertiary/aromatic N) is 4. The van der Waals surface area contributed by atoms with E-state index in [-0.39, 0.29) is 24.7 Å². The normalized spacial score (nSPS) is 13.0. The first-order valence-electron chi connectivity index (χ1n) is 9.43. The maximum Gasteiger partial charge on any atom is 0.227 e. The molecule has 0 bridgehead atoms. The number of para-hydroxylation sites is 1. The summed E-state index contributed by atoms with van der Waals surface area (Å²) in [5.74, 6) is 1.09. The van der Waals surface area contributed by atoms with Crippen molar-refractivity contribution in [2.75, 3.05) is 22.5 Å². The summed E-state index contributed by atoms with van der Waals surface area (Å²) in [5.41, 5.74) is 1.96. The van der Waals surface area contributed by atoms with Crippen LogP contribution in [0.5, 0.6) is 0 Å². The number of thioether (sulfide) groups is 1. The lowest BCUT2D eigenvalue weighted by Crippen LogP contribution is -2.35. The Morgan fingerprint density at radius 1 is 1.10 bits per heavy atom. The van der Waals surface area contributed by atoms with Crippen LogP contribution in [0.25, 0.3) is 0 Å². The number of amides is 2. The Balaban J connectivity index is 1.29. The zero-order valence-electron chi connectivity index (χ0n) is 15.8. The molecule has 1 N–H and O–H groups in total. The van der Waals surface area contributed by atoms with E-state index in [1.165, 1.54) is 0 Å². The fourth-order valence-corrected chi connectivity index (χ4v) is 4.18. The number of fused-ring (bicyclic) bond motifs is 1. The van der Waals surface area contributed by atoms with E-state index in [4.69, 9.17) is 0 Å². The van der Waals surface area contributed by atoms with Gasteiger partial charge in [-0.2, -0.15) is 5.10 Å². The van der Waals surface area contributed by atoms with Crippen LogP contribution in [0.2, 0.25) is 0 Å². The van der Waals surface area contributed by atoms with Crippen molar-refractivity contribution in [3.05, 3.63) is 66.6 Å². The molecule has 0 saturated heterocycles. The van der Waals surface area contributed by atoms with Gasteiger partial charge in [-0.1, -0.05) is 18.2 Å². The molecule has 0 atom stereocenters. The highest BCUT2D eigenvalue weighted by Gasteiger charge is 2.23. The van der Waals surface area contributed by atoms with Crippen LogP contribution >= 0.6 is 11.8 Å². The first kappa shape index (κ1) is 19.2. The summed E-state index contributed by atoms with van der Waals surface area (Å²) >= 11 is 1.75. The van der Waals surface area contributed by atoms with Crippen molar-refractivity contribution < 1.29 is 9.59 Å². The summed E-state index contributed by atoms with van der Waals surface area (Å²) in [6.45, 7) is 1.25. The van der Waals surface area contributed by atoms with Crippen LogP contribution < -0.4 is 10.2 Å². The Morgan fingerprint density at radius 2 is 2.00 bits per heavy atom. The number of pyridine rings is 1. The Labute approximate surface area is 173 Å². The lowest BCUT2D eigenvalue weighted by atomic mass is 10.2. The van der Waals surface area contributed by atoms with Gasteiger partial charge in [-0.05, 0) is 23.8 Å². The van der Waals surface area contributed by atoms with Gasteiger partial charge in [0.1, 0.15) is 0 Å². The molecule has 0 unspecified atom stereocenters. The van der Waals surface area contributed by atoms with Crippen molar-refractivity contribution in [3.63, 3.8) is 0 Å². The standard InChI is InChI=1S/C21H21N5O2S/c27-20(23-19-9-11-25(24-19)15-16-4-3-10-22-14-16)7-8-21(28)26-12-13-29-18-6-2-1-5-17(18)26/h1-6,9-11,14H,7-8,12-13,15H2,(H,23,24,27). The van der Waals surface area contributed by atoms with E-state index in [0.717, 1.165) is 21.9 Å². The summed E-state index contributed by atoms with van der Waals surface area (Å²) in [6.07, 6.45) is 5.60. The molecule has 3 aromatic rings. The third-order valence-corrected chi connectivity index (χ3v) is 5.61. The van der Waals surface area contributed by atoms with Crippen LogP contribution in [0, 0.1) is 0 Å². The summed E-state index contributed by atoms with van der Waals surface area (Å²) < 4.78 is 1.74. The molecule has 2 amide bonds. The molecule has 1 aliphatic rings. The second kappa shape index (κ2) is 8.91. The van der Waals surface area contributed by atoms with E-state index >= 15 is 0 Å². The molecule has 1 aliphatic heterocycles. The van der Waals surface area contributed by atoms with Crippen molar-refractivity contribution in [2.24, 2.45) is 0 Å². The lowest BCUT2D eigenvalue weighted by Gasteiger charge is -2.29. The number of anilines is 2. The second-order valence-electron chi connectivity index (χ2n) is 6.67. The predicted octanol–water partition coefficient (Wildman–Crippen LogP) is 3.18. The Kier molecular flexibility index (Phi) is 5.90. The molecule has 0 saturated carbocycles. The fourth-order valence-electron chi connectivity index (χ4n) is 3.18. The van der Waals surface area contributed by atoms with Gasteiger partial charge in [0.15, 0.2) is 5.82 Å². The lowest BCUT2D eigenvalue weighted by molar-refractivity contribution is -0.122. The molecule has 29 heavy (non-hydrogen) atoms. The minimum atomic E-state index is -0.218. The van der Waals surface area contributed by atoms with Crippen molar-refractivity contribution in [1.82, 2.24) is 14.8 Å². The molecule has 0 spiro atoms. The van der Waals surface area contributed by atoms with Gasteiger partial charge in [0.2, 0.25) is 11.8 Å². The largest absolute Gasteiger partial charge is 0.310 e. The number of hydrogen-bond donors (Lipinski definition) is 1. The van der Waals surface area contributed by atoms with Crippen molar-refractivity contribution in [1.29, 1.82) is 0 Å². The van der Waals surface area contributed by atoms with Gasteiger partial charge in [0.05, 0.1) is 12.2 Å². The van der Waals surface area contributed by atoms with E-state index in [0.29, 0.717) is 18.9 Å². The molecule has 0 fully saturated rings. The van der Waals surface area contributed by atoms with Crippen molar-refractivity contribution in [3.8, 4) is 0 Å². The number of aromatic nitrogens is 3. The van der Waals surface area contributed by atoms with E-state index in [2.05, 4.69) is 15.4 Å². The molecule has 3 heterocycles. The molecule has 148 valence electrons. The van der Waals surface area contributed by atoms with E-state index in [1.54, 1.807) is 46.0 Å². The second-order valence-corrected chi connectivity index (χ2v) is 7.81. The van der Waals surface area contributed by atoms with Crippen molar-refractivity contribution in [2.45, 2.75) is 24.3 Å². The Bertz CT molecular complexity index is 1010. The van der Waals surface area contributed by atoms with E-state index < -0.39 is 0 Å². The minimum Gasteiger partial charge on any atom is -0.310 e. The maximum atomic E-state index is 12.6. The Morgan fingerprint density at radius 3 is 2.86 bits per heavy atom. The molecule has 0 aliphatic carbocycles. The fraction of sp³-hybridized carbons (Fsp3) is 0.238. The zero-order chi connectivity index (χ0) is 20.1. The minimum absolute atomic E-state index is 0.0324. The molecule has 1 aromatic carbocycles. The van der Waals surface area contributed by atoms with Gasteiger partial charge < -0.3 is 10.2 Å². The summed E-state index contributed by atoms with van der Waals surface area (Å²) in [5, 5.41) is 7.12. The monoisotopic (exact) mass is 407 g/mol. The van der Waals surface area contributed by atoms with Crippen LogP contribution in [-0.4, -0.2) is 38.9 Å². The highest BCUT2D eigenvalue weighted by atomic mass is 32.2. The molecular formula is C21H21N5O2S. The van der Waals surface area contributed by atoms with Gasteiger partial charge in [-0.15, -0.1) is 11.8 Å². The third-order valence-electron chi connectivity index (χ3n) is 4.57. The van der Waals surface area contributed by atoms with Crippen LogP contribution in [0.4, 0.5) is 11.5 Å². The topological polar surface area (TPSA) is 80.1 Å². The van der Waals surface area contributed by atoms with Gasteiger partial charge in [0, 0.05) is 54.7 Å². The quantitative estimate of drug-likeness (QED) is 0.679. The average Bonchev–Trinajstić information content (AvgIpc) is 3.19. The molecule has 7 nitrogen and oxygen atoms in total. The summed E-state index contributed by atoms with van der Waals surface area (Å²) in [7, 11) is 0. The first-order chi connectivity index (χ1) is 14.2. The summed E-state index contributed by atoms with van der Waals surface area (Å²) in [6, 6.07) is 13.5. The average molecular weight is 407 g/mol. The highest BCUT2D eigenvalue weighted by molar-refractivity contribution is 7.99. The number of carbonyl (C=O) groups is 2. The van der Waals surface area contributed by atoms with E-state index in [1.807, 2.05) is 36.4 Å². The third kappa shape index (κ3) is 4.83. The smallest absolute Gasteiger partial charge is 0.227 e. The number of rotatable bonds is 6. The first-order valence-corrected chi connectivity index (χ1v) is 10.4. The number of hydrogen-bond acceptors (Lipinski definition) is 5. The molecular weight excluding hydrogens is 386 g/mol. The van der Waals surface area contributed by atoms with Crippen LogP contribution in [0.3, 0.4) is 0 Å². The van der Waals surface area contributed by atoms with Gasteiger partial charge in [0.25, 0.3) is 0 Å². The molecule has 2 aromatic heterocycles. The SMILES string of the molecule is O=C(CCC(=O)N1CCSc2ccccc21)Nc1ccn(Cc2cccnc2)n1.